The van der Waals surface area contributed by atoms with Crippen molar-refractivity contribution in [2.45, 2.75) is 19.1 Å². The predicted molar refractivity (Wildman–Crippen MR) is 108 cm³/mol. The molecule has 0 amide bonds. The van der Waals surface area contributed by atoms with Gasteiger partial charge >= 0.3 is 6.18 Å². The van der Waals surface area contributed by atoms with Gasteiger partial charge in [0, 0.05) is 12.6 Å². The molecule has 0 aliphatic heterocycles. The summed E-state index contributed by atoms with van der Waals surface area (Å²) in [5.41, 5.74) is 1.12. The van der Waals surface area contributed by atoms with Crippen LogP contribution in [0.5, 0.6) is 0 Å². The van der Waals surface area contributed by atoms with Gasteiger partial charge in [-0.15, -0.1) is 12.4 Å². The maximum absolute atomic E-state index is 12.7. The summed E-state index contributed by atoms with van der Waals surface area (Å²) in [6.07, 6.45) is -0.764. The van der Waals surface area contributed by atoms with Crippen molar-refractivity contribution in [1.82, 2.24) is 5.32 Å². The molecule has 0 spiro atoms. The molecule has 1 unspecified atom stereocenters. The van der Waals surface area contributed by atoms with E-state index in [4.69, 9.17) is 0 Å². The molecule has 0 aliphatic rings. The minimum absolute atomic E-state index is 0. The Morgan fingerprint density at radius 1 is 0.963 bits per heavy atom. The number of fused-ring (bicyclic) bond motifs is 1. The number of hydrogen-bond donors (Lipinski definition) is 1. The van der Waals surface area contributed by atoms with Crippen LogP contribution in [0.2, 0.25) is 0 Å². The molecule has 142 valence electrons. The standard InChI is InChI=1S/C22H20F3N.ClH/c1-16(20-13-5-10-18-9-2-3-12-21(18)20)26-14-6-8-17-7-4-11-19(15-17)22(23,24)25;/h2-13,15-16,26H,14H2,1H3;1H/b8-6+;. The highest BCUT2D eigenvalue weighted by Gasteiger charge is 2.30. The fourth-order valence-corrected chi connectivity index (χ4v) is 3.00. The van der Waals surface area contributed by atoms with Gasteiger partial charge < -0.3 is 5.32 Å². The lowest BCUT2D eigenvalue weighted by atomic mass is 10.00. The third-order valence-corrected chi connectivity index (χ3v) is 4.36. The molecule has 1 N–H and O–H groups in total. The fraction of sp³-hybridized carbons (Fsp3) is 0.182. The summed E-state index contributed by atoms with van der Waals surface area (Å²) in [7, 11) is 0. The van der Waals surface area contributed by atoms with E-state index in [0.29, 0.717) is 12.1 Å². The van der Waals surface area contributed by atoms with Crippen molar-refractivity contribution in [3.05, 3.63) is 89.5 Å². The summed E-state index contributed by atoms with van der Waals surface area (Å²) >= 11 is 0. The zero-order valence-electron chi connectivity index (χ0n) is 14.8. The number of rotatable bonds is 5. The molecule has 0 aromatic heterocycles. The summed E-state index contributed by atoms with van der Waals surface area (Å²) < 4.78 is 38.2. The Kier molecular flexibility index (Phi) is 7.05. The molecule has 1 atom stereocenters. The quantitative estimate of drug-likeness (QED) is 0.513. The van der Waals surface area contributed by atoms with Crippen molar-refractivity contribution in [2.24, 2.45) is 0 Å². The van der Waals surface area contributed by atoms with E-state index in [2.05, 4.69) is 36.5 Å². The SMILES string of the molecule is CC(NC/C=C/c1cccc(C(F)(F)F)c1)c1cccc2ccccc12.Cl. The van der Waals surface area contributed by atoms with Crippen molar-refractivity contribution < 1.29 is 13.2 Å². The first-order valence-corrected chi connectivity index (χ1v) is 8.50. The fourth-order valence-electron chi connectivity index (χ4n) is 3.00. The van der Waals surface area contributed by atoms with Crippen molar-refractivity contribution in [2.75, 3.05) is 6.54 Å². The van der Waals surface area contributed by atoms with E-state index in [9.17, 15) is 13.2 Å². The van der Waals surface area contributed by atoms with Gasteiger partial charge in [0.25, 0.3) is 0 Å². The largest absolute Gasteiger partial charge is 0.416 e. The van der Waals surface area contributed by atoms with Crippen LogP contribution in [0.3, 0.4) is 0 Å². The van der Waals surface area contributed by atoms with Gasteiger partial charge in [-0.3, -0.25) is 0 Å². The number of alkyl halides is 3. The van der Waals surface area contributed by atoms with Gasteiger partial charge in [-0.25, -0.2) is 0 Å². The van der Waals surface area contributed by atoms with Crippen LogP contribution in [0, 0.1) is 0 Å². The van der Waals surface area contributed by atoms with Crippen LogP contribution in [0.4, 0.5) is 13.2 Å². The van der Waals surface area contributed by atoms with Crippen LogP contribution in [0.25, 0.3) is 16.8 Å². The number of halogens is 4. The smallest absolute Gasteiger partial charge is 0.307 e. The van der Waals surface area contributed by atoms with Gasteiger partial charge in [0.1, 0.15) is 0 Å². The Balaban J connectivity index is 0.00000261. The molecular formula is C22H21ClF3N. The van der Waals surface area contributed by atoms with Crippen molar-refractivity contribution in [3.63, 3.8) is 0 Å². The maximum atomic E-state index is 12.7. The minimum atomic E-state index is -4.31. The van der Waals surface area contributed by atoms with Crippen molar-refractivity contribution in [1.29, 1.82) is 0 Å². The molecule has 0 saturated carbocycles. The van der Waals surface area contributed by atoms with Gasteiger partial charge in [0.15, 0.2) is 0 Å². The molecule has 5 heteroatoms. The highest BCUT2D eigenvalue weighted by atomic mass is 35.5. The molecule has 0 fully saturated rings. The second kappa shape index (κ2) is 9.07. The molecule has 3 rings (SSSR count). The predicted octanol–water partition coefficient (Wildman–Crippen LogP) is 6.64. The van der Waals surface area contributed by atoms with Crippen LogP contribution < -0.4 is 5.32 Å². The third-order valence-electron chi connectivity index (χ3n) is 4.36. The van der Waals surface area contributed by atoms with E-state index in [-0.39, 0.29) is 18.4 Å². The van der Waals surface area contributed by atoms with Crippen LogP contribution in [0.15, 0.2) is 72.8 Å². The Labute approximate surface area is 163 Å². The average molecular weight is 392 g/mol. The van der Waals surface area contributed by atoms with Gasteiger partial charge in [-0.2, -0.15) is 13.2 Å². The van der Waals surface area contributed by atoms with Gasteiger partial charge in [0.2, 0.25) is 0 Å². The van der Waals surface area contributed by atoms with Gasteiger partial charge in [0.05, 0.1) is 5.56 Å². The molecule has 0 aliphatic carbocycles. The lowest BCUT2D eigenvalue weighted by Crippen LogP contribution is -2.18. The zero-order valence-corrected chi connectivity index (χ0v) is 15.6. The van der Waals surface area contributed by atoms with E-state index >= 15 is 0 Å². The summed E-state index contributed by atoms with van der Waals surface area (Å²) in [6.45, 7) is 2.65. The average Bonchev–Trinajstić information content (AvgIpc) is 2.64. The monoisotopic (exact) mass is 391 g/mol. The zero-order chi connectivity index (χ0) is 18.6. The first kappa shape index (κ1) is 21.0. The second-order valence-electron chi connectivity index (χ2n) is 6.22. The molecular weight excluding hydrogens is 371 g/mol. The summed E-state index contributed by atoms with van der Waals surface area (Å²) in [5.74, 6) is 0. The molecule has 0 radical (unpaired) electrons. The van der Waals surface area contributed by atoms with E-state index < -0.39 is 11.7 Å². The minimum Gasteiger partial charge on any atom is -0.307 e. The lowest BCUT2D eigenvalue weighted by molar-refractivity contribution is -0.137. The van der Waals surface area contributed by atoms with Gasteiger partial charge in [-0.05, 0) is 41.0 Å². The molecule has 3 aromatic carbocycles. The summed E-state index contributed by atoms with van der Waals surface area (Å²) in [4.78, 5) is 0. The molecule has 1 nitrogen and oxygen atoms in total. The van der Waals surface area contributed by atoms with E-state index in [1.54, 1.807) is 12.1 Å². The molecule has 3 aromatic rings. The van der Waals surface area contributed by atoms with Crippen molar-refractivity contribution >= 4 is 29.3 Å². The Hall–Kier alpha value is -2.30. The third kappa shape index (κ3) is 5.34. The van der Waals surface area contributed by atoms with Gasteiger partial charge in [-0.1, -0.05) is 66.7 Å². The first-order chi connectivity index (χ1) is 12.4. The molecule has 0 bridgehead atoms. The highest BCUT2D eigenvalue weighted by Crippen LogP contribution is 2.29. The molecule has 0 heterocycles. The number of nitrogens with one attached hydrogen (secondary N) is 1. The lowest BCUT2D eigenvalue weighted by Gasteiger charge is -2.15. The van der Waals surface area contributed by atoms with Crippen LogP contribution in [0.1, 0.15) is 29.7 Å². The second-order valence-corrected chi connectivity index (χ2v) is 6.22. The first-order valence-electron chi connectivity index (χ1n) is 8.50. The highest BCUT2D eigenvalue weighted by molar-refractivity contribution is 5.86. The van der Waals surface area contributed by atoms with E-state index in [1.807, 2.05) is 24.3 Å². The Morgan fingerprint density at radius 2 is 1.67 bits per heavy atom. The molecule has 0 saturated heterocycles. The number of benzene rings is 3. The summed E-state index contributed by atoms with van der Waals surface area (Å²) in [5, 5.41) is 5.80. The van der Waals surface area contributed by atoms with Crippen LogP contribution in [-0.4, -0.2) is 6.54 Å². The normalized spacial score (nSPS) is 12.9. The van der Waals surface area contributed by atoms with Crippen molar-refractivity contribution in [3.8, 4) is 0 Å². The van der Waals surface area contributed by atoms with Crippen LogP contribution >= 0.6 is 12.4 Å². The topological polar surface area (TPSA) is 12.0 Å². The van der Waals surface area contributed by atoms with E-state index in [0.717, 1.165) is 12.1 Å². The maximum Gasteiger partial charge on any atom is 0.416 e. The van der Waals surface area contributed by atoms with E-state index in [1.165, 1.54) is 22.4 Å². The Morgan fingerprint density at radius 3 is 2.44 bits per heavy atom. The van der Waals surface area contributed by atoms with Crippen LogP contribution in [-0.2, 0) is 6.18 Å². The molecule has 27 heavy (non-hydrogen) atoms. The Bertz CT molecular complexity index is 913. The number of hydrogen-bond acceptors (Lipinski definition) is 1. The summed E-state index contributed by atoms with van der Waals surface area (Å²) in [6, 6.07) is 19.9.